The number of likely N-dealkylation sites (N-methyl/N-ethyl adjacent to an activating group) is 1. The molecule has 1 unspecified atom stereocenters. The van der Waals surface area contributed by atoms with Crippen LogP contribution in [0.3, 0.4) is 0 Å². The highest BCUT2D eigenvalue weighted by molar-refractivity contribution is 7.80. The second-order valence-electron chi connectivity index (χ2n) is 5.52. The lowest BCUT2D eigenvalue weighted by Crippen LogP contribution is -2.50. The maximum Gasteiger partial charge on any atom is 0.150 e. The van der Waals surface area contributed by atoms with Crippen molar-refractivity contribution >= 4 is 33.8 Å². The van der Waals surface area contributed by atoms with Crippen LogP contribution in [0.25, 0.3) is 10.8 Å². The molecule has 3 nitrogen and oxygen atoms in total. The number of aromatic nitrogens is 1. The molecule has 1 fully saturated rings. The highest BCUT2D eigenvalue weighted by atomic mass is 32.1. The largest absolute Gasteiger partial charge is 0.382 e. The van der Waals surface area contributed by atoms with E-state index in [-0.39, 0.29) is 5.78 Å². The average molecular weight is 298 g/mol. The van der Waals surface area contributed by atoms with Gasteiger partial charge in [0.05, 0.1) is 4.99 Å². The van der Waals surface area contributed by atoms with Crippen molar-refractivity contribution in [2.45, 2.75) is 31.1 Å². The molecule has 0 bridgehead atoms. The molecule has 1 aliphatic carbocycles. The van der Waals surface area contributed by atoms with Crippen LogP contribution in [0.5, 0.6) is 0 Å². The summed E-state index contributed by atoms with van der Waals surface area (Å²) in [7, 11) is 1.80. The standard InChI is InChI=1S/C17H18N2OS/c1-18-16(21)17(9-5-4-8-15(17)20)14-11-19-10-12-6-2-3-7-13(12)14/h2-3,6-7,10-11H,4-5,8-9H2,1H3,(H,18,21). The minimum Gasteiger partial charge on any atom is -0.382 e. The van der Waals surface area contributed by atoms with E-state index in [1.807, 2.05) is 36.7 Å². The molecule has 0 spiro atoms. The van der Waals surface area contributed by atoms with Gasteiger partial charge in [-0.15, -0.1) is 0 Å². The number of carbonyl (C=O) groups is 1. The number of carbonyl (C=O) groups excluding carboxylic acids is 1. The molecule has 1 saturated carbocycles. The molecule has 4 heteroatoms. The molecule has 0 amide bonds. The van der Waals surface area contributed by atoms with Crippen molar-refractivity contribution in [1.82, 2.24) is 10.3 Å². The lowest BCUT2D eigenvalue weighted by molar-refractivity contribution is -0.123. The van der Waals surface area contributed by atoms with E-state index in [2.05, 4.69) is 10.3 Å². The molecule has 3 rings (SSSR count). The van der Waals surface area contributed by atoms with Crippen molar-refractivity contribution in [3.8, 4) is 0 Å². The van der Waals surface area contributed by atoms with Crippen molar-refractivity contribution in [2.75, 3.05) is 7.05 Å². The van der Waals surface area contributed by atoms with E-state index < -0.39 is 5.41 Å². The highest BCUT2D eigenvalue weighted by Gasteiger charge is 2.46. The summed E-state index contributed by atoms with van der Waals surface area (Å²) in [5.41, 5.74) is 0.237. The SMILES string of the molecule is CNC(=S)C1(c2cncc3ccccc23)CCCCC1=O. The van der Waals surface area contributed by atoms with Crippen LogP contribution in [0.1, 0.15) is 31.2 Å². The summed E-state index contributed by atoms with van der Waals surface area (Å²) < 4.78 is 0. The Kier molecular flexibility index (Phi) is 3.72. The first-order valence-corrected chi connectivity index (χ1v) is 7.69. The molecule has 108 valence electrons. The third-order valence-corrected chi connectivity index (χ3v) is 4.98. The minimum atomic E-state index is -0.712. The number of fused-ring (bicyclic) bond motifs is 1. The van der Waals surface area contributed by atoms with Crippen LogP contribution in [0.4, 0.5) is 0 Å². The van der Waals surface area contributed by atoms with Gasteiger partial charge in [0.25, 0.3) is 0 Å². The molecule has 1 aromatic heterocycles. The van der Waals surface area contributed by atoms with Gasteiger partial charge >= 0.3 is 0 Å². The third kappa shape index (κ3) is 2.14. The van der Waals surface area contributed by atoms with Gasteiger partial charge in [-0.3, -0.25) is 9.78 Å². The van der Waals surface area contributed by atoms with E-state index in [1.54, 1.807) is 7.05 Å². The van der Waals surface area contributed by atoms with Gasteiger partial charge in [-0.25, -0.2) is 0 Å². The lowest BCUT2D eigenvalue weighted by Gasteiger charge is -2.37. The molecule has 1 atom stereocenters. The summed E-state index contributed by atoms with van der Waals surface area (Å²) in [6.45, 7) is 0. The van der Waals surface area contributed by atoms with E-state index in [0.717, 1.165) is 35.6 Å². The fourth-order valence-electron chi connectivity index (χ4n) is 3.35. The predicted molar refractivity (Wildman–Crippen MR) is 88.6 cm³/mol. The number of nitrogens with one attached hydrogen (secondary N) is 1. The van der Waals surface area contributed by atoms with E-state index in [9.17, 15) is 4.79 Å². The number of Topliss-reactive ketones (excluding diaryl/α,β-unsaturated/α-hetero) is 1. The van der Waals surface area contributed by atoms with Gasteiger partial charge in [0.2, 0.25) is 0 Å². The minimum absolute atomic E-state index is 0.214. The first-order valence-electron chi connectivity index (χ1n) is 7.29. The second kappa shape index (κ2) is 5.53. The zero-order chi connectivity index (χ0) is 14.9. The fraction of sp³-hybridized carbons (Fsp3) is 0.353. The van der Waals surface area contributed by atoms with Gasteiger partial charge in [-0.2, -0.15) is 0 Å². The predicted octanol–water partition coefficient (Wildman–Crippen LogP) is 3.16. The molecule has 0 aliphatic heterocycles. The number of hydrogen-bond donors (Lipinski definition) is 1. The maximum atomic E-state index is 12.8. The summed E-state index contributed by atoms with van der Waals surface area (Å²) in [4.78, 5) is 17.8. The van der Waals surface area contributed by atoms with Gasteiger partial charge in [-0.1, -0.05) is 42.9 Å². The van der Waals surface area contributed by atoms with E-state index in [0.29, 0.717) is 11.4 Å². The Hall–Kier alpha value is -1.81. The van der Waals surface area contributed by atoms with E-state index in [4.69, 9.17) is 12.2 Å². The van der Waals surface area contributed by atoms with Crippen LogP contribution in [0.2, 0.25) is 0 Å². The van der Waals surface area contributed by atoms with Crippen LogP contribution in [-0.4, -0.2) is 22.8 Å². The summed E-state index contributed by atoms with van der Waals surface area (Å²) in [5.74, 6) is 0.214. The summed E-state index contributed by atoms with van der Waals surface area (Å²) in [5, 5.41) is 5.17. The Morgan fingerprint density at radius 3 is 2.86 bits per heavy atom. The molecular weight excluding hydrogens is 280 g/mol. The van der Waals surface area contributed by atoms with Crippen molar-refractivity contribution in [1.29, 1.82) is 0 Å². The Morgan fingerprint density at radius 1 is 1.29 bits per heavy atom. The molecule has 21 heavy (non-hydrogen) atoms. The van der Waals surface area contributed by atoms with Crippen LogP contribution in [0.15, 0.2) is 36.7 Å². The van der Waals surface area contributed by atoms with Crippen molar-refractivity contribution < 1.29 is 4.79 Å². The van der Waals surface area contributed by atoms with Gasteiger partial charge in [-0.05, 0) is 23.8 Å². The number of benzene rings is 1. The molecular formula is C17H18N2OS. The van der Waals surface area contributed by atoms with Gasteiger partial charge in [0.1, 0.15) is 11.2 Å². The van der Waals surface area contributed by atoms with Gasteiger partial charge in [0, 0.05) is 31.2 Å². The summed E-state index contributed by atoms with van der Waals surface area (Å²) in [6.07, 6.45) is 6.96. The van der Waals surface area contributed by atoms with Gasteiger partial charge < -0.3 is 5.32 Å². The Morgan fingerprint density at radius 2 is 2.10 bits per heavy atom. The maximum absolute atomic E-state index is 12.8. The number of pyridine rings is 1. The summed E-state index contributed by atoms with van der Waals surface area (Å²) in [6, 6.07) is 8.05. The fourth-order valence-corrected chi connectivity index (χ4v) is 3.67. The number of rotatable bonds is 2. The Labute approximate surface area is 129 Å². The first kappa shape index (κ1) is 14.1. The smallest absolute Gasteiger partial charge is 0.150 e. The number of hydrogen-bond acceptors (Lipinski definition) is 3. The number of ketones is 1. The highest BCUT2D eigenvalue weighted by Crippen LogP contribution is 2.40. The lowest BCUT2D eigenvalue weighted by atomic mass is 9.67. The molecule has 0 radical (unpaired) electrons. The Bertz CT molecular complexity index is 698. The number of nitrogens with zero attached hydrogens (tertiary/aromatic N) is 1. The normalized spacial score (nSPS) is 22.2. The molecule has 1 N–H and O–H groups in total. The van der Waals surface area contributed by atoms with Crippen LogP contribution >= 0.6 is 12.2 Å². The molecule has 2 aromatic rings. The van der Waals surface area contributed by atoms with Crippen LogP contribution < -0.4 is 5.32 Å². The second-order valence-corrected chi connectivity index (χ2v) is 5.93. The van der Waals surface area contributed by atoms with Crippen LogP contribution in [0, 0.1) is 0 Å². The zero-order valence-electron chi connectivity index (χ0n) is 12.1. The van der Waals surface area contributed by atoms with Crippen molar-refractivity contribution in [3.05, 3.63) is 42.2 Å². The molecule has 1 aromatic carbocycles. The third-order valence-electron chi connectivity index (χ3n) is 4.42. The van der Waals surface area contributed by atoms with Crippen molar-refractivity contribution in [2.24, 2.45) is 0 Å². The first-order chi connectivity index (χ1) is 10.2. The quantitative estimate of drug-likeness (QED) is 0.865. The van der Waals surface area contributed by atoms with Gasteiger partial charge in [0.15, 0.2) is 0 Å². The Balaban J connectivity index is 2.29. The van der Waals surface area contributed by atoms with Crippen molar-refractivity contribution in [3.63, 3.8) is 0 Å². The molecule has 0 saturated heterocycles. The molecule has 1 aliphatic rings. The average Bonchev–Trinajstić information content (AvgIpc) is 2.54. The topological polar surface area (TPSA) is 42.0 Å². The van der Waals surface area contributed by atoms with Crippen LogP contribution in [-0.2, 0) is 10.2 Å². The number of thiocarbonyl (C=S) groups is 1. The monoisotopic (exact) mass is 298 g/mol. The summed E-state index contributed by atoms with van der Waals surface area (Å²) >= 11 is 5.55. The van der Waals surface area contributed by atoms with E-state index in [1.165, 1.54) is 0 Å². The molecule has 1 heterocycles. The zero-order valence-corrected chi connectivity index (χ0v) is 12.9. The van der Waals surface area contributed by atoms with E-state index >= 15 is 0 Å².